The molecular weight excluding hydrogens is 400 g/mol. The monoisotopic (exact) mass is 434 g/mol. The summed E-state index contributed by atoms with van der Waals surface area (Å²) in [7, 11) is 0. The first-order valence-corrected chi connectivity index (χ1v) is 13.4. The first-order valence-electron chi connectivity index (χ1n) is 11.2. The van der Waals surface area contributed by atoms with E-state index in [1.54, 1.807) is 11.8 Å². The van der Waals surface area contributed by atoms with Gasteiger partial charge in [0.15, 0.2) is 0 Å². The molecule has 0 spiro atoms. The largest absolute Gasteiger partial charge is 0.377 e. The highest BCUT2D eigenvalue weighted by molar-refractivity contribution is 7.99. The van der Waals surface area contributed by atoms with Gasteiger partial charge in [0, 0.05) is 53.9 Å². The summed E-state index contributed by atoms with van der Waals surface area (Å²) in [6.07, 6.45) is 8.96. The molecule has 3 aliphatic rings. The zero-order chi connectivity index (χ0) is 19.9. The summed E-state index contributed by atoms with van der Waals surface area (Å²) in [5, 5.41) is 3.34. The van der Waals surface area contributed by atoms with E-state index in [-0.39, 0.29) is 11.4 Å². The zero-order valence-corrected chi connectivity index (χ0v) is 19.0. The zero-order valence-electron chi connectivity index (χ0n) is 17.4. The van der Waals surface area contributed by atoms with Crippen LogP contribution >= 0.6 is 23.5 Å². The molecule has 0 bridgehead atoms. The highest BCUT2D eigenvalue weighted by Gasteiger charge is 2.38. The number of nitrogens with zero attached hydrogens (tertiary/aromatic N) is 1. The molecule has 1 aromatic rings. The van der Waals surface area contributed by atoms with E-state index >= 15 is 0 Å². The molecule has 6 heteroatoms. The van der Waals surface area contributed by atoms with Gasteiger partial charge >= 0.3 is 0 Å². The SMILES string of the molecule is O=C(NCC1(N2CCSCC2)CCCCC1)c1ccccc1SCC1CCCO1. The van der Waals surface area contributed by atoms with Gasteiger partial charge in [-0.25, -0.2) is 0 Å². The average Bonchev–Trinajstić information content (AvgIpc) is 3.31. The van der Waals surface area contributed by atoms with E-state index in [2.05, 4.69) is 28.0 Å². The molecule has 160 valence electrons. The Hall–Kier alpha value is -0.690. The van der Waals surface area contributed by atoms with Crippen molar-refractivity contribution in [2.75, 3.05) is 43.5 Å². The van der Waals surface area contributed by atoms with Crippen molar-refractivity contribution in [1.29, 1.82) is 0 Å². The van der Waals surface area contributed by atoms with Crippen LogP contribution in [-0.2, 0) is 4.74 Å². The third-order valence-electron chi connectivity index (χ3n) is 6.62. The molecule has 3 fully saturated rings. The second kappa shape index (κ2) is 10.6. The molecule has 2 heterocycles. The third-order valence-corrected chi connectivity index (χ3v) is 8.77. The van der Waals surface area contributed by atoms with Gasteiger partial charge in [0.1, 0.15) is 0 Å². The van der Waals surface area contributed by atoms with Crippen molar-refractivity contribution in [1.82, 2.24) is 10.2 Å². The number of thioether (sulfide) groups is 2. The van der Waals surface area contributed by atoms with E-state index in [9.17, 15) is 4.79 Å². The Morgan fingerprint density at radius 3 is 2.72 bits per heavy atom. The summed E-state index contributed by atoms with van der Waals surface area (Å²) < 4.78 is 5.75. The predicted molar refractivity (Wildman–Crippen MR) is 123 cm³/mol. The topological polar surface area (TPSA) is 41.6 Å². The summed E-state index contributed by atoms with van der Waals surface area (Å²) in [6, 6.07) is 8.05. The van der Waals surface area contributed by atoms with Crippen molar-refractivity contribution in [2.45, 2.75) is 61.5 Å². The summed E-state index contributed by atoms with van der Waals surface area (Å²) in [5.74, 6) is 3.45. The van der Waals surface area contributed by atoms with Gasteiger partial charge < -0.3 is 10.1 Å². The molecule has 1 saturated carbocycles. The number of carbonyl (C=O) groups excluding carboxylic acids is 1. The first-order chi connectivity index (χ1) is 14.3. The molecule has 1 amide bonds. The Kier molecular flexibility index (Phi) is 7.84. The number of rotatable bonds is 7. The van der Waals surface area contributed by atoms with E-state index in [4.69, 9.17) is 4.74 Å². The summed E-state index contributed by atoms with van der Waals surface area (Å²) in [6.45, 7) is 3.98. The molecule has 4 rings (SSSR count). The summed E-state index contributed by atoms with van der Waals surface area (Å²) in [5.41, 5.74) is 0.977. The molecule has 1 aliphatic carbocycles. The smallest absolute Gasteiger partial charge is 0.252 e. The van der Waals surface area contributed by atoms with Crippen molar-refractivity contribution >= 4 is 29.4 Å². The molecule has 4 nitrogen and oxygen atoms in total. The van der Waals surface area contributed by atoms with Crippen LogP contribution in [0.25, 0.3) is 0 Å². The maximum absolute atomic E-state index is 13.2. The predicted octanol–water partition coefficient (Wildman–Crippen LogP) is 4.44. The number of nitrogens with one attached hydrogen (secondary N) is 1. The summed E-state index contributed by atoms with van der Waals surface area (Å²) >= 11 is 3.82. The Morgan fingerprint density at radius 2 is 1.97 bits per heavy atom. The normalized spacial score (nSPS) is 25.0. The Labute approximate surface area is 183 Å². The fourth-order valence-corrected chi connectivity index (χ4v) is 6.95. The van der Waals surface area contributed by atoms with E-state index in [0.717, 1.165) is 55.3 Å². The van der Waals surface area contributed by atoms with Gasteiger partial charge in [0.05, 0.1) is 11.7 Å². The van der Waals surface area contributed by atoms with Gasteiger partial charge in [0.25, 0.3) is 5.91 Å². The maximum atomic E-state index is 13.2. The van der Waals surface area contributed by atoms with E-state index in [1.807, 2.05) is 18.2 Å². The minimum atomic E-state index is 0.0803. The lowest BCUT2D eigenvalue weighted by Gasteiger charge is -2.48. The van der Waals surface area contributed by atoms with Crippen LogP contribution in [0.2, 0.25) is 0 Å². The molecule has 1 aromatic carbocycles. The standard InChI is InChI=1S/C23H34N2O2S2/c26-22(20-8-2-3-9-21(20)29-17-19-7-6-14-27-19)24-18-23(10-4-1-5-11-23)25-12-15-28-16-13-25/h2-3,8-9,19H,1,4-7,10-18H2,(H,24,26). The Balaban J connectivity index is 1.40. The lowest BCUT2D eigenvalue weighted by atomic mass is 9.80. The fourth-order valence-electron chi connectivity index (χ4n) is 4.93. The highest BCUT2D eigenvalue weighted by atomic mass is 32.2. The molecule has 2 saturated heterocycles. The van der Waals surface area contributed by atoms with Crippen molar-refractivity contribution < 1.29 is 9.53 Å². The van der Waals surface area contributed by atoms with Crippen LogP contribution in [0.3, 0.4) is 0 Å². The second-order valence-corrected chi connectivity index (χ2v) is 10.8. The van der Waals surface area contributed by atoms with Gasteiger partial charge in [-0.15, -0.1) is 11.8 Å². The van der Waals surface area contributed by atoms with E-state index in [0.29, 0.717) is 6.10 Å². The minimum absolute atomic E-state index is 0.0803. The molecule has 0 aromatic heterocycles. The van der Waals surface area contributed by atoms with Crippen molar-refractivity contribution in [3.05, 3.63) is 29.8 Å². The van der Waals surface area contributed by atoms with Crippen molar-refractivity contribution in [3.8, 4) is 0 Å². The van der Waals surface area contributed by atoms with Crippen LogP contribution in [0.1, 0.15) is 55.3 Å². The lowest BCUT2D eigenvalue weighted by molar-refractivity contribution is 0.0548. The molecular formula is C23H34N2O2S2. The maximum Gasteiger partial charge on any atom is 0.252 e. The van der Waals surface area contributed by atoms with Crippen LogP contribution in [0, 0.1) is 0 Å². The number of hydrogen-bond donors (Lipinski definition) is 1. The quantitative estimate of drug-likeness (QED) is 0.643. The van der Waals surface area contributed by atoms with Crippen molar-refractivity contribution in [3.63, 3.8) is 0 Å². The average molecular weight is 435 g/mol. The van der Waals surface area contributed by atoms with Gasteiger partial charge in [-0.2, -0.15) is 11.8 Å². The highest BCUT2D eigenvalue weighted by Crippen LogP contribution is 2.35. The Morgan fingerprint density at radius 1 is 1.17 bits per heavy atom. The Bertz CT molecular complexity index is 667. The fraction of sp³-hybridized carbons (Fsp3) is 0.696. The minimum Gasteiger partial charge on any atom is -0.377 e. The third kappa shape index (κ3) is 5.52. The van der Waals surface area contributed by atoms with Gasteiger partial charge in [-0.1, -0.05) is 31.4 Å². The molecule has 1 N–H and O–H groups in total. The van der Waals surface area contributed by atoms with Crippen LogP contribution in [0.15, 0.2) is 29.2 Å². The molecule has 29 heavy (non-hydrogen) atoms. The van der Waals surface area contributed by atoms with Crippen molar-refractivity contribution in [2.24, 2.45) is 0 Å². The second-order valence-electron chi connectivity index (χ2n) is 8.51. The van der Waals surface area contributed by atoms with Gasteiger partial charge in [-0.05, 0) is 37.8 Å². The number of amides is 1. The molecule has 2 aliphatic heterocycles. The number of benzene rings is 1. The van der Waals surface area contributed by atoms with Crippen LogP contribution in [0.4, 0.5) is 0 Å². The van der Waals surface area contributed by atoms with Crippen LogP contribution in [0.5, 0.6) is 0 Å². The number of ether oxygens (including phenoxy) is 1. The number of hydrogen-bond acceptors (Lipinski definition) is 5. The van der Waals surface area contributed by atoms with Crippen LogP contribution in [-0.4, -0.2) is 65.9 Å². The molecule has 1 unspecified atom stereocenters. The van der Waals surface area contributed by atoms with E-state index < -0.39 is 0 Å². The van der Waals surface area contributed by atoms with Crippen LogP contribution < -0.4 is 5.32 Å². The van der Waals surface area contributed by atoms with Gasteiger partial charge in [0.2, 0.25) is 0 Å². The van der Waals surface area contributed by atoms with Gasteiger partial charge in [-0.3, -0.25) is 9.69 Å². The van der Waals surface area contributed by atoms with E-state index in [1.165, 1.54) is 43.6 Å². The first kappa shape index (κ1) is 21.5. The molecule has 1 atom stereocenters. The number of carbonyl (C=O) groups is 1. The summed E-state index contributed by atoms with van der Waals surface area (Å²) in [4.78, 5) is 16.9. The lowest BCUT2D eigenvalue weighted by Crippen LogP contribution is -2.58. The molecule has 0 radical (unpaired) electrons.